The van der Waals surface area contributed by atoms with Gasteiger partial charge in [0.1, 0.15) is 5.82 Å². The van der Waals surface area contributed by atoms with E-state index in [1.807, 2.05) is 19.2 Å². The number of hydrogen-bond acceptors (Lipinski definition) is 2. The molecule has 1 aliphatic heterocycles. The van der Waals surface area contributed by atoms with Crippen LogP contribution in [0.3, 0.4) is 0 Å². The SMILES string of the molecule is CNC(CCN1CCCCCCC1)c1ccccc1F. The van der Waals surface area contributed by atoms with Gasteiger partial charge in [0, 0.05) is 11.6 Å². The van der Waals surface area contributed by atoms with E-state index >= 15 is 0 Å². The first-order chi connectivity index (χ1) is 9.81. The van der Waals surface area contributed by atoms with Gasteiger partial charge < -0.3 is 10.2 Å². The Morgan fingerprint density at radius 2 is 1.75 bits per heavy atom. The highest BCUT2D eigenvalue weighted by atomic mass is 19.1. The maximum atomic E-state index is 13.9. The summed E-state index contributed by atoms with van der Waals surface area (Å²) < 4.78 is 13.9. The molecule has 0 radical (unpaired) electrons. The molecule has 0 bridgehead atoms. The summed E-state index contributed by atoms with van der Waals surface area (Å²) >= 11 is 0. The first kappa shape index (κ1) is 15.5. The van der Waals surface area contributed by atoms with E-state index in [0.717, 1.165) is 18.5 Å². The Hall–Kier alpha value is -0.930. The number of nitrogens with zero attached hydrogens (tertiary/aromatic N) is 1. The number of likely N-dealkylation sites (tertiary alicyclic amines) is 1. The largest absolute Gasteiger partial charge is 0.313 e. The molecule has 1 fully saturated rings. The van der Waals surface area contributed by atoms with Crippen molar-refractivity contribution >= 4 is 0 Å². The summed E-state index contributed by atoms with van der Waals surface area (Å²) in [5.74, 6) is -0.0977. The molecule has 1 heterocycles. The van der Waals surface area contributed by atoms with Gasteiger partial charge in [-0.1, -0.05) is 37.5 Å². The van der Waals surface area contributed by atoms with Crippen LogP contribution in [0.15, 0.2) is 24.3 Å². The van der Waals surface area contributed by atoms with Crippen molar-refractivity contribution in [1.82, 2.24) is 10.2 Å². The average molecular weight is 278 g/mol. The standard InChI is InChI=1S/C17H27FN2/c1-19-17(15-9-5-6-10-16(15)18)11-14-20-12-7-3-2-4-8-13-20/h5-6,9-10,17,19H,2-4,7-8,11-14H2,1H3. The molecular weight excluding hydrogens is 251 g/mol. The van der Waals surface area contributed by atoms with E-state index in [9.17, 15) is 4.39 Å². The smallest absolute Gasteiger partial charge is 0.127 e. The zero-order chi connectivity index (χ0) is 14.2. The Morgan fingerprint density at radius 1 is 1.10 bits per heavy atom. The summed E-state index contributed by atoms with van der Waals surface area (Å²) in [4.78, 5) is 2.55. The molecule has 1 aliphatic rings. The predicted octanol–water partition coefficient (Wildman–Crippen LogP) is 3.74. The molecule has 0 aromatic heterocycles. The van der Waals surface area contributed by atoms with E-state index in [1.54, 1.807) is 12.1 Å². The highest BCUT2D eigenvalue weighted by Gasteiger charge is 2.15. The van der Waals surface area contributed by atoms with Crippen molar-refractivity contribution in [1.29, 1.82) is 0 Å². The van der Waals surface area contributed by atoms with Crippen LogP contribution >= 0.6 is 0 Å². The fraction of sp³-hybridized carbons (Fsp3) is 0.647. The van der Waals surface area contributed by atoms with Gasteiger partial charge >= 0.3 is 0 Å². The average Bonchev–Trinajstić information content (AvgIpc) is 2.43. The Kier molecular flexibility index (Phi) is 6.48. The summed E-state index contributed by atoms with van der Waals surface area (Å²) in [6, 6.07) is 7.23. The van der Waals surface area contributed by atoms with E-state index in [2.05, 4.69) is 10.2 Å². The van der Waals surface area contributed by atoms with Gasteiger partial charge in [-0.15, -0.1) is 0 Å². The quantitative estimate of drug-likeness (QED) is 0.882. The lowest BCUT2D eigenvalue weighted by Crippen LogP contribution is -2.31. The van der Waals surface area contributed by atoms with E-state index in [0.29, 0.717) is 0 Å². The lowest BCUT2D eigenvalue weighted by Gasteiger charge is -2.27. The second-order valence-corrected chi connectivity index (χ2v) is 5.76. The molecule has 1 saturated heterocycles. The van der Waals surface area contributed by atoms with Crippen LogP contribution in [0.5, 0.6) is 0 Å². The third-order valence-electron chi connectivity index (χ3n) is 4.31. The van der Waals surface area contributed by atoms with Gasteiger partial charge in [-0.2, -0.15) is 0 Å². The second kappa shape index (κ2) is 8.38. The van der Waals surface area contributed by atoms with Crippen molar-refractivity contribution in [3.8, 4) is 0 Å². The molecule has 1 aromatic carbocycles. The molecule has 1 unspecified atom stereocenters. The predicted molar refractivity (Wildman–Crippen MR) is 82.3 cm³/mol. The molecule has 1 atom stereocenters. The number of hydrogen-bond donors (Lipinski definition) is 1. The third kappa shape index (κ3) is 4.57. The summed E-state index contributed by atoms with van der Waals surface area (Å²) in [5, 5.41) is 3.26. The Labute approximate surface area is 122 Å². The van der Waals surface area contributed by atoms with Crippen molar-refractivity contribution in [2.75, 3.05) is 26.7 Å². The van der Waals surface area contributed by atoms with Crippen molar-refractivity contribution in [3.05, 3.63) is 35.6 Å². The number of nitrogens with one attached hydrogen (secondary N) is 1. The maximum Gasteiger partial charge on any atom is 0.127 e. The molecule has 0 amide bonds. The van der Waals surface area contributed by atoms with Crippen LogP contribution in [-0.2, 0) is 0 Å². The molecule has 2 nitrogen and oxygen atoms in total. The minimum Gasteiger partial charge on any atom is -0.313 e. The molecule has 3 heteroatoms. The van der Waals surface area contributed by atoms with Crippen LogP contribution in [0.4, 0.5) is 4.39 Å². The molecule has 112 valence electrons. The van der Waals surface area contributed by atoms with Crippen molar-refractivity contribution in [2.45, 2.75) is 44.6 Å². The second-order valence-electron chi connectivity index (χ2n) is 5.76. The monoisotopic (exact) mass is 278 g/mol. The van der Waals surface area contributed by atoms with Crippen LogP contribution in [0, 0.1) is 5.82 Å². The van der Waals surface area contributed by atoms with Gasteiger partial charge in [0.05, 0.1) is 0 Å². The van der Waals surface area contributed by atoms with Crippen LogP contribution in [0.2, 0.25) is 0 Å². The van der Waals surface area contributed by atoms with Gasteiger partial charge in [-0.25, -0.2) is 4.39 Å². The van der Waals surface area contributed by atoms with Gasteiger partial charge in [0.2, 0.25) is 0 Å². The normalized spacial score (nSPS) is 19.3. The highest BCUT2D eigenvalue weighted by Crippen LogP contribution is 2.20. The van der Waals surface area contributed by atoms with E-state index in [-0.39, 0.29) is 11.9 Å². The third-order valence-corrected chi connectivity index (χ3v) is 4.31. The minimum absolute atomic E-state index is 0.0977. The van der Waals surface area contributed by atoms with Gasteiger partial charge in [-0.05, 0) is 52.0 Å². The van der Waals surface area contributed by atoms with Crippen LogP contribution in [0.1, 0.15) is 50.1 Å². The topological polar surface area (TPSA) is 15.3 Å². The molecule has 0 saturated carbocycles. The molecule has 0 aliphatic carbocycles. The fourth-order valence-electron chi connectivity index (χ4n) is 3.06. The van der Waals surface area contributed by atoms with Crippen LogP contribution < -0.4 is 5.32 Å². The number of benzene rings is 1. The Morgan fingerprint density at radius 3 is 2.40 bits per heavy atom. The lowest BCUT2D eigenvalue weighted by atomic mass is 10.0. The molecule has 1 N–H and O–H groups in total. The van der Waals surface area contributed by atoms with Crippen molar-refractivity contribution in [2.24, 2.45) is 0 Å². The van der Waals surface area contributed by atoms with Crippen LogP contribution in [-0.4, -0.2) is 31.6 Å². The molecule has 2 rings (SSSR count). The van der Waals surface area contributed by atoms with E-state index < -0.39 is 0 Å². The molecule has 20 heavy (non-hydrogen) atoms. The van der Waals surface area contributed by atoms with E-state index in [4.69, 9.17) is 0 Å². The first-order valence-electron chi connectivity index (χ1n) is 7.95. The summed E-state index contributed by atoms with van der Waals surface area (Å²) in [7, 11) is 1.92. The van der Waals surface area contributed by atoms with E-state index in [1.165, 1.54) is 45.2 Å². The van der Waals surface area contributed by atoms with Crippen molar-refractivity contribution < 1.29 is 4.39 Å². The zero-order valence-electron chi connectivity index (χ0n) is 12.6. The minimum atomic E-state index is -0.0977. The summed E-state index contributed by atoms with van der Waals surface area (Å²) in [6.45, 7) is 3.46. The zero-order valence-corrected chi connectivity index (χ0v) is 12.6. The van der Waals surface area contributed by atoms with Crippen LogP contribution in [0.25, 0.3) is 0 Å². The van der Waals surface area contributed by atoms with Gasteiger partial charge in [-0.3, -0.25) is 0 Å². The van der Waals surface area contributed by atoms with Gasteiger partial charge in [0.15, 0.2) is 0 Å². The van der Waals surface area contributed by atoms with Gasteiger partial charge in [0.25, 0.3) is 0 Å². The lowest BCUT2D eigenvalue weighted by molar-refractivity contribution is 0.235. The Bertz CT molecular complexity index is 386. The number of rotatable bonds is 5. The highest BCUT2D eigenvalue weighted by molar-refractivity contribution is 5.21. The first-order valence-corrected chi connectivity index (χ1v) is 7.95. The molecule has 0 spiro atoms. The Balaban J connectivity index is 1.88. The summed E-state index contributed by atoms with van der Waals surface area (Å²) in [5.41, 5.74) is 0.794. The fourth-order valence-corrected chi connectivity index (χ4v) is 3.06. The summed E-state index contributed by atoms with van der Waals surface area (Å²) in [6.07, 6.45) is 7.70. The van der Waals surface area contributed by atoms with Crippen molar-refractivity contribution in [3.63, 3.8) is 0 Å². The number of halogens is 1. The maximum absolute atomic E-state index is 13.9. The molecular formula is C17H27FN2. The molecule has 1 aromatic rings.